The number of carbonyl (C=O) groups excluding carboxylic acids is 2. The third kappa shape index (κ3) is 5.46. The average Bonchev–Trinajstić information content (AvgIpc) is 2.37. The van der Waals surface area contributed by atoms with Crippen LogP contribution in [0.1, 0.15) is 10.4 Å². The number of carbonyl (C=O) groups is 2. The Balaban J connectivity index is 2.39. The SMILES string of the molecule is COCC(=O)NCCNC(=O)c1cc(Cl)ccc1Cl. The summed E-state index contributed by atoms with van der Waals surface area (Å²) >= 11 is 11.7. The fraction of sp³-hybridized carbons (Fsp3) is 0.333. The quantitative estimate of drug-likeness (QED) is 0.782. The van der Waals surface area contributed by atoms with E-state index in [1.165, 1.54) is 13.2 Å². The molecule has 1 aromatic carbocycles. The Hall–Kier alpha value is -1.30. The minimum Gasteiger partial charge on any atom is -0.375 e. The molecule has 1 aromatic rings. The van der Waals surface area contributed by atoms with Crippen LogP contribution in [0.25, 0.3) is 0 Å². The summed E-state index contributed by atoms with van der Waals surface area (Å²) in [5.41, 5.74) is 0.303. The second-order valence-corrected chi connectivity index (χ2v) is 4.51. The molecule has 1 rings (SSSR count). The second kappa shape index (κ2) is 7.99. The summed E-state index contributed by atoms with van der Waals surface area (Å²) in [7, 11) is 1.43. The molecule has 0 heterocycles. The van der Waals surface area contributed by atoms with Crippen molar-refractivity contribution in [1.29, 1.82) is 0 Å². The zero-order chi connectivity index (χ0) is 14.3. The number of rotatable bonds is 6. The minimum atomic E-state index is -0.339. The number of benzene rings is 1. The van der Waals surface area contributed by atoms with Crippen LogP contribution < -0.4 is 10.6 Å². The van der Waals surface area contributed by atoms with Gasteiger partial charge in [0, 0.05) is 25.2 Å². The first-order valence-corrected chi connectivity index (χ1v) is 6.29. The Bertz CT molecular complexity index is 466. The highest BCUT2D eigenvalue weighted by Gasteiger charge is 2.10. The standard InChI is InChI=1S/C12H14Cl2N2O3/c1-19-7-11(17)15-4-5-16-12(18)9-6-8(13)2-3-10(9)14/h2-3,6H,4-5,7H2,1H3,(H,15,17)(H,16,18). The van der Waals surface area contributed by atoms with Crippen LogP contribution in [0.5, 0.6) is 0 Å². The van der Waals surface area contributed by atoms with E-state index >= 15 is 0 Å². The first-order valence-electron chi connectivity index (χ1n) is 5.53. The van der Waals surface area contributed by atoms with E-state index in [-0.39, 0.29) is 25.0 Å². The lowest BCUT2D eigenvalue weighted by Crippen LogP contribution is -2.36. The number of ether oxygens (including phenoxy) is 1. The Morgan fingerprint density at radius 3 is 2.58 bits per heavy atom. The van der Waals surface area contributed by atoms with E-state index in [1.807, 2.05) is 0 Å². The van der Waals surface area contributed by atoms with Gasteiger partial charge in [0.25, 0.3) is 5.91 Å². The molecule has 0 saturated carbocycles. The number of nitrogens with one attached hydrogen (secondary N) is 2. The molecule has 2 amide bonds. The van der Waals surface area contributed by atoms with E-state index in [2.05, 4.69) is 15.4 Å². The van der Waals surface area contributed by atoms with Gasteiger partial charge in [-0.3, -0.25) is 9.59 Å². The summed E-state index contributed by atoms with van der Waals surface area (Å²) in [6.45, 7) is 0.595. The van der Waals surface area contributed by atoms with Crippen molar-refractivity contribution in [1.82, 2.24) is 10.6 Å². The predicted octanol–water partition coefficient (Wildman–Crippen LogP) is 1.49. The van der Waals surface area contributed by atoms with Crippen molar-refractivity contribution in [3.05, 3.63) is 33.8 Å². The van der Waals surface area contributed by atoms with Gasteiger partial charge in [-0.25, -0.2) is 0 Å². The molecule has 0 fully saturated rings. The smallest absolute Gasteiger partial charge is 0.252 e. The van der Waals surface area contributed by atoms with Crippen LogP contribution in [0.15, 0.2) is 18.2 Å². The lowest BCUT2D eigenvalue weighted by atomic mass is 10.2. The molecular formula is C12H14Cl2N2O3. The van der Waals surface area contributed by atoms with Gasteiger partial charge in [-0.2, -0.15) is 0 Å². The summed E-state index contributed by atoms with van der Waals surface area (Å²) in [5, 5.41) is 5.96. The molecule has 0 aliphatic heterocycles. The number of hydrogen-bond donors (Lipinski definition) is 2. The Kier molecular flexibility index (Phi) is 6.62. The van der Waals surface area contributed by atoms with Gasteiger partial charge in [0.1, 0.15) is 6.61 Å². The Labute approximate surface area is 121 Å². The highest BCUT2D eigenvalue weighted by molar-refractivity contribution is 6.35. The maximum atomic E-state index is 11.8. The van der Waals surface area contributed by atoms with E-state index in [9.17, 15) is 9.59 Å². The fourth-order valence-electron chi connectivity index (χ4n) is 1.33. The molecule has 19 heavy (non-hydrogen) atoms. The lowest BCUT2D eigenvalue weighted by Gasteiger charge is -2.08. The molecule has 0 aromatic heterocycles. The fourth-order valence-corrected chi connectivity index (χ4v) is 1.70. The van der Waals surface area contributed by atoms with Gasteiger partial charge < -0.3 is 15.4 Å². The van der Waals surface area contributed by atoms with Gasteiger partial charge in [-0.05, 0) is 18.2 Å². The van der Waals surface area contributed by atoms with Crippen molar-refractivity contribution in [2.24, 2.45) is 0 Å². The number of amides is 2. The summed E-state index contributed by atoms with van der Waals surface area (Å²) in [6.07, 6.45) is 0. The monoisotopic (exact) mass is 304 g/mol. The highest BCUT2D eigenvalue weighted by atomic mass is 35.5. The first-order chi connectivity index (χ1) is 9.04. The zero-order valence-electron chi connectivity index (χ0n) is 10.3. The minimum absolute atomic E-state index is 0.00589. The average molecular weight is 305 g/mol. The summed E-state index contributed by atoms with van der Waals surface area (Å²) in [4.78, 5) is 22.9. The van der Waals surface area contributed by atoms with E-state index < -0.39 is 0 Å². The van der Waals surface area contributed by atoms with Crippen LogP contribution in [-0.2, 0) is 9.53 Å². The number of methoxy groups -OCH3 is 1. The molecule has 0 aliphatic carbocycles. The first kappa shape index (κ1) is 15.8. The van der Waals surface area contributed by atoms with E-state index in [4.69, 9.17) is 23.2 Å². The van der Waals surface area contributed by atoms with Gasteiger partial charge in [-0.1, -0.05) is 23.2 Å². The van der Waals surface area contributed by atoms with Crippen LogP contribution in [0.4, 0.5) is 0 Å². The van der Waals surface area contributed by atoms with E-state index in [0.717, 1.165) is 0 Å². The summed E-state index contributed by atoms with van der Waals surface area (Å²) in [6, 6.07) is 4.65. The molecule has 0 bridgehead atoms. The molecule has 0 saturated heterocycles. The molecule has 0 unspecified atom stereocenters. The molecule has 0 radical (unpaired) electrons. The van der Waals surface area contributed by atoms with Crippen molar-refractivity contribution < 1.29 is 14.3 Å². The Morgan fingerprint density at radius 1 is 1.21 bits per heavy atom. The molecule has 7 heteroatoms. The maximum absolute atomic E-state index is 11.8. The van der Waals surface area contributed by atoms with Crippen LogP contribution in [0, 0.1) is 0 Å². The molecule has 104 valence electrons. The van der Waals surface area contributed by atoms with Crippen molar-refractivity contribution in [2.45, 2.75) is 0 Å². The van der Waals surface area contributed by atoms with E-state index in [1.54, 1.807) is 12.1 Å². The van der Waals surface area contributed by atoms with Crippen LogP contribution >= 0.6 is 23.2 Å². The van der Waals surface area contributed by atoms with Crippen molar-refractivity contribution in [2.75, 3.05) is 26.8 Å². The molecular weight excluding hydrogens is 291 g/mol. The van der Waals surface area contributed by atoms with E-state index in [0.29, 0.717) is 22.2 Å². The number of halogens is 2. The normalized spacial score (nSPS) is 10.1. The zero-order valence-corrected chi connectivity index (χ0v) is 11.8. The molecule has 0 spiro atoms. The van der Waals surface area contributed by atoms with Crippen LogP contribution in [0.2, 0.25) is 10.0 Å². The number of hydrogen-bond acceptors (Lipinski definition) is 3. The van der Waals surface area contributed by atoms with Gasteiger partial charge in [0.2, 0.25) is 5.91 Å². The summed E-state index contributed by atoms with van der Waals surface area (Å²) in [5.74, 6) is -0.578. The van der Waals surface area contributed by atoms with Gasteiger partial charge in [0.15, 0.2) is 0 Å². The molecule has 0 atom stereocenters. The van der Waals surface area contributed by atoms with Crippen LogP contribution in [0.3, 0.4) is 0 Å². The predicted molar refractivity (Wildman–Crippen MR) is 73.7 cm³/mol. The third-order valence-corrected chi connectivity index (χ3v) is 2.75. The lowest BCUT2D eigenvalue weighted by molar-refractivity contribution is -0.124. The van der Waals surface area contributed by atoms with Gasteiger partial charge in [-0.15, -0.1) is 0 Å². The van der Waals surface area contributed by atoms with Gasteiger partial charge >= 0.3 is 0 Å². The largest absolute Gasteiger partial charge is 0.375 e. The van der Waals surface area contributed by atoms with Crippen molar-refractivity contribution in [3.63, 3.8) is 0 Å². The summed E-state index contributed by atoms with van der Waals surface area (Å²) < 4.78 is 4.65. The maximum Gasteiger partial charge on any atom is 0.252 e. The second-order valence-electron chi connectivity index (χ2n) is 3.66. The van der Waals surface area contributed by atoms with Gasteiger partial charge in [0.05, 0.1) is 10.6 Å². The third-order valence-electron chi connectivity index (χ3n) is 2.18. The van der Waals surface area contributed by atoms with Crippen molar-refractivity contribution >= 4 is 35.0 Å². The molecule has 0 aliphatic rings. The van der Waals surface area contributed by atoms with Crippen molar-refractivity contribution in [3.8, 4) is 0 Å². The highest BCUT2D eigenvalue weighted by Crippen LogP contribution is 2.20. The molecule has 2 N–H and O–H groups in total. The Morgan fingerprint density at radius 2 is 1.89 bits per heavy atom. The topological polar surface area (TPSA) is 67.4 Å². The molecule has 5 nitrogen and oxygen atoms in total. The van der Waals surface area contributed by atoms with Crippen LogP contribution in [-0.4, -0.2) is 38.6 Å².